The highest BCUT2D eigenvalue weighted by Crippen LogP contribution is 2.23. The molecule has 0 amide bonds. The number of nitrogens with zero attached hydrogens (tertiary/aromatic N) is 1. The summed E-state index contributed by atoms with van der Waals surface area (Å²) < 4.78 is 0. The number of aliphatic hydroxyl groups excluding tert-OH is 1. The molecule has 0 saturated heterocycles. The summed E-state index contributed by atoms with van der Waals surface area (Å²) in [5.74, 6) is 0.599. The molecule has 1 unspecified atom stereocenters. The first kappa shape index (κ1) is 12.1. The van der Waals surface area contributed by atoms with Gasteiger partial charge in [0.15, 0.2) is 0 Å². The Balaban J connectivity index is 2.94. The number of aliphatic hydroxyl groups is 1. The van der Waals surface area contributed by atoms with Gasteiger partial charge in [-0.2, -0.15) is 0 Å². The number of hydrogen-bond acceptors (Lipinski definition) is 2. The van der Waals surface area contributed by atoms with E-state index < -0.39 is 0 Å². The highest BCUT2D eigenvalue weighted by Gasteiger charge is 2.15. The molecule has 2 nitrogen and oxygen atoms in total. The zero-order valence-electron chi connectivity index (χ0n) is 10.1. The van der Waals surface area contributed by atoms with Gasteiger partial charge in [0.2, 0.25) is 0 Å². The summed E-state index contributed by atoms with van der Waals surface area (Å²) in [4.78, 5) is 2.23. The molecule has 0 bridgehead atoms. The Labute approximate surface area is 92.5 Å². The summed E-state index contributed by atoms with van der Waals surface area (Å²) in [6.45, 7) is 6.73. The molecule has 2 heteroatoms. The van der Waals surface area contributed by atoms with Crippen molar-refractivity contribution in [2.75, 3.05) is 11.9 Å². The van der Waals surface area contributed by atoms with Gasteiger partial charge in [-0.25, -0.2) is 0 Å². The average Bonchev–Trinajstić information content (AvgIpc) is 2.26. The Bertz CT molecular complexity index is 309. The van der Waals surface area contributed by atoms with E-state index in [1.54, 1.807) is 0 Å². The molecule has 15 heavy (non-hydrogen) atoms. The fraction of sp³-hybridized carbons (Fsp3) is 0.538. The number of benzene rings is 1. The first-order chi connectivity index (χ1) is 7.07. The molecule has 84 valence electrons. The molecule has 0 fully saturated rings. The van der Waals surface area contributed by atoms with Crippen molar-refractivity contribution in [3.8, 4) is 0 Å². The molecule has 1 aromatic carbocycles. The van der Waals surface area contributed by atoms with Crippen LogP contribution in [0.15, 0.2) is 24.3 Å². The summed E-state index contributed by atoms with van der Waals surface area (Å²) in [5.41, 5.74) is 2.12. The van der Waals surface area contributed by atoms with Crippen LogP contribution >= 0.6 is 0 Å². The van der Waals surface area contributed by atoms with E-state index in [0.717, 1.165) is 11.3 Å². The van der Waals surface area contributed by atoms with E-state index >= 15 is 0 Å². The maximum atomic E-state index is 9.26. The standard InChI is InChI=1S/C13H21NO/c1-10(2)11(3)14(4)13-8-6-5-7-12(13)9-15/h5-8,10-11,15H,9H2,1-4H3. The third kappa shape index (κ3) is 2.72. The Morgan fingerprint density at radius 3 is 2.33 bits per heavy atom. The quantitative estimate of drug-likeness (QED) is 0.820. The van der Waals surface area contributed by atoms with Crippen LogP contribution in [0.4, 0.5) is 5.69 Å². The van der Waals surface area contributed by atoms with Gasteiger partial charge in [-0.1, -0.05) is 32.0 Å². The van der Waals surface area contributed by atoms with E-state index in [9.17, 15) is 5.11 Å². The molecular weight excluding hydrogens is 186 g/mol. The molecule has 0 radical (unpaired) electrons. The second kappa shape index (κ2) is 5.17. The maximum Gasteiger partial charge on any atom is 0.0702 e. The van der Waals surface area contributed by atoms with Crippen molar-refractivity contribution in [3.05, 3.63) is 29.8 Å². The van der Waals surface area contributed by atoms with E-state index in [4.69, 9.17) is 0 Å². The third-order valence-corrected chi connectivity index (χ3v) is 3.12. The van der Waals surface area contributed by atoms with E-state index in [1.165, 1.54) is 0 Å². The van der Waals surface area contributed by atoms with Crippen LogP contribution in [0.2, 0.25) is 0 Å². The van der Waals surface area contributed by atoms with Crippen LogP contribution in [0.25, 0.3) is 0 Å². The summed E-state index contributed by atoms with van der Waals surface area (Å²) in [5, 5.41) is 9.26. The van der Waals surface area contributed by atoms with Crippen LogP contribution in [0.5, 0.6) is 0 Å². The fourth-order valence-electron chi connectivity index (χ4n) is 1.66. The maximum absolute atomic E-state index is 9.26. The van der Waals surface area contributed by atoms with E-state index in [2.05, 4.69) is 38.8 Å². The van der Waals surface area contributed by atoms with Crippen LogP contribution < -0.4 is 4.90 Å². The van der Waals surface area contributed by atoms with Crippen molar-refractivity contribution < 1.29 is 5.11 Å². The molecule has 0 aliphatic carbocycles. The van der Waals surface area contributed by atoms with Crippen LogP contribution in [-0.4, -0.2) is 18.2 Å². The smallest absolute Gasteiger partial charge is 0.0702 e. The van der Waals surface area contributed by atoms with Gasteiger partial charge < -0.3 is 10.0 Å². The molecule has 1 N–H and O–H groups in total. The van der Waals surface area contributed by atoms with Crippen molar-refractivity contribution in [2.45, 2.75) is 33.4 Å². The lowest BCUT2D eigenvalue weighted by Gasteiger charge is -2.31. The molecule has 0 aliphatic rings. The topological polar surface area (TPSA) is 23.5 Å². The zero-order chi connectivity index (χ0) is 11.4. The second-order valence-corrected chi connectivity index (χ2v) is 4.38. The van der Waals surface area contributed by atoms with Crippen LogP contribution in [-0.2, 0) is 6.61 Å². The van der Waals surface area contributed by atoms with Crippen molar-refractivity contribution >= 4 is 5.69 Å². The minimum absolute atomic E-state index is 0.103. The van der Waals surface area contributed by atoms with Gasteiger partial charge in [0.25, 0.3) is 0 Å². The Morgan fingerprint density at radius 1 is 1.20 bits per heavy atom. The first-order valence-corrected chi connectivity index (χ1v) is 5.49. The van der Waals surface area contributed by atoms with Crippen LogP contribution in [0, 0.1) is 5.92 Å². The SMILES string of the molecule is CC(C)C(C)N(C)c1ccccc1CO. The Hall–Kier alpha value is -1.02. The summed E-state index contributed by atoms with van der Waals surface area (Å²) in [7, 11) is 2.08. The lowest BCUT2D eigenvalue weighted by atomic mass is 10.0. The van der Waals surface area contributed by atoms with Gasteiger partial charge >= 0.3 is 0 Å². The summed E-state index contributed by atoms with van der Waals surface area (Å²) in [6, 6.07) is 8.47. The molecule has 0 saturated carbocycles. The first-order valence-electron chi connectivity index (χ1n) is 5.49. The summed E-state index contributed by atoms with van der Waals surface area (Å²) in [6.07, 6.45) is 0. The number of hydrogen-bond donors (Lipinski definition) is 1. The highest BCUT2D eigenvalue weighted by molar-refractivity contribution is 5.53. The van der Waals surface area contributed by atoms with Gasteiger partial charge in [-0.3, -0.25) is 0 Å². The van der Waals surface area contributed by atoms with E-state index in [0.29, 0.717) is 12.0 Å². The third-order valence-electron chi connectivity index (χ3n) is 3.12. The Morgan fingerprint density at radius 2 is 1.80 bits per heavy atom. The van der Waals surface area contributed by atoms with Crippen LogP contribution in [0.3, 0.4) is 0 Å². The minimum atomic E-state index is 0.103. The van der Waals surface area contributed by atoms with Gasteiger partial charge in [-0.05, 0) is 18.9 Å². The summed E-state index contributed by atoms with van der Waals surface area (Å²) >= 11 is 0. The van der Waals surface area contributed by atoms with Crippen molar-refractivity contribution in [1.29, 1.82) is 0 Å². The highest BCUT2D eigenvalue weighted by atomic mass is 16.3. The lowest BCUT2D eigenvalue weighted by Crippen LogP contribution is -2.33. The number of para-hydroxylation sites is 1. The molecular formula is C13H21NO. The van der Waals surface area contributed by atoms with E-state index in [1.807, 2.05) is 18.2 Å². The molecule has 0 aromatic heterocycles. The number of rotatable bonds is 4. The second-order valence-electron chi connectivity index (χ2n) is 4.38. The van der Waals surface area contributed by atoms with Crippen LogP contribution in [0.1, 0.15) is 26.3 Å². The average molecular weight is 207 g/mol. The predicted molar refractivity (Wildman–Crippen MR) is 65.1 cm³/mol. The van der Waals surface area contributed by atoms with Gasteiger partial charge in [-0.15, -0.1) is 0 Å². The van der Waals surface area contributed by atoms with Gasteiger partial charge in [0.05, 0.1) is 6.61 Å². The van der Waals surface area contributed by atoms with Crippen molar-refractivity contribution in [1.82, 2.24) is 0 Å². The minimum Gasteiger partial charge on any atom is -0.392 e. The van der Waals surface area contributed by atoms with Crippen molar-refractivity contribution in [3.63, 3.8) is 0 Å². The van der Waals surface area contributed by atoms with Gasteiger partial charge in [0.1, 0.15) is 0 Å². The fourth-order valence-corrected chi connectivity index (χ4v) is 1.66. The van der Waals surface area contributed by atoms with Gasteiger partial charge in [0, 0.05) is 24.3 Å². The molecule has 0 heterocycles. The van der Waals surface area contributed by atoms with E-state index in [-0.39, 0.29) is 6.61 Å². The largest absolute Gasteiger partial charge is 0.392 e. The monoisotopic (exact) mass is 207 g/mol. The zero-order valence-corrected chi connectivity index (χ0v) is 10.1. The molecule has 0 aliphatic heterocycles. The molecule has 1 rings (SSSR count). The molecule has 1 atom stereocenters. The molecule has 0 spiro atoms. The predicted octanol–water partition coefficient (Wildman–Crippen LogP) is 2.66. The lowest BCUT2D eigenvalue weighted by molar-refractivity contribution is 0.281. The normalized spacial score (nSPS) is 12.9. The number of anilines is 1. The molecule has 1 aromatic rings. The van der Waals surface area contributed by atoms with Crippen molar-refractivity contribution in [2.24, 2.45) is 5.92 Å². The Kier molecular flexibility index (Phi) is 4.15.